The summed E-state index contributed by atoms with van der Waals surface area (Å²) in [5.41, 5.74) is 0.501. The molecule has 1 aromatic carbocycles. The molecule has 0 saturated heterocycles. The molecule has 0 amide bonds. The van der Waals surface area contributed by atoms with Crippen molar-refractivity contribution in [1.82, 2.24) is 0 Å². The summed E-state index contributed by atoms with van der Waals surface area (Å²) in [5.74, 6) is -0.247. The van der Waals surface area contributed by atoms with Crippen molar-refractivity contribution < 1.29 is 9.13 Å². The van der Waals surface area contributed by atoms with Gasteiger partial charge in [-0.25, -0.2) is 4.39 Å². The number of nitrogens with one attached hydrogen (secondary N) is 1. The van der Waals surface area contributed by atoms with Gasteiger partial charge in [-0.15, -0.1) is 0 Å². The van der Waals surface area contributed by atoms with Gasteiger partial charge in [0, 0.05) is 17.6 Å². The fourth-order valence-corrected chi connectivity index (χ4v) is 1.75. The zero-order valence-electron chi connectivity index (χ0n) is 9.43. The minimum absolute atomic E-state index is 0.247. The van der Waals surface area contributed by atoms with Crippen LogP contribution in [0, 0.1) is 5.82 Å². The van der Waals surface area contributed by atoms with Gasteiger partial charge in [-0.3, -0.25) is 0 Å². The second-order valence-electron chi connectivity index (χ2n) is 3.49. The monoisotopic (exact) mass is 289 g/mol. The van der Waals surface area contributed by atoms with Crippen LogP contribution in [0.1, 0.15) is 19.8 Å². The lowest BCUT2D eigenvalue weighted by Crippen LogP contribution is -2.11. The van der Waals surface area contributed by atoms with Crippen molar-refractivity contribution in [3.63, 3.8) is 0 Å². The number of anilines is 1. The van der Waals surface area contributed by atoms with Crippen LogP contribution in [-0.4, -0.2) is 19.8 Å². The van der Waals surface area contributed by atoms with Crippen molar-refractivity contribution >= 4 is 21.6 Å². The smallest absolute Gasteiger partial charge is 0.147 e. The van der Waals surface area contributed by atoms with Crippen LogP contribution >= 0.6 is 15.9 Å². The Balaban J connectivity index is 2.26. The van der Waals surface area contributed by atoms with Gasteiger partial charge in [-0.1, -0.05) is 19.4 Å². The lowest BCUT2D eigenvalue weighted by atomic mass is 10.3. The van der Waals surface area contributed by atoms with Crippen LogP contribution in [-0.2, 0) is 4.74 Å². The molecule has 0 atom stereocenters. The maximum atomic E-state index is 13.3. The molecule has 4 heteroatoms. The van der Waals surface area contributed by atoms with E-state index in [-0.39, 0.29) is 5.82 Å². The van der Waals surface area contributed by atoms with Crippen molar-refractivity contribution in [3.05, 3.63) is 28.5 Å². The van der Waals surface area contributed by atoms with E-state index in [1.807, 2.05) is 6.07 Å². The third-order valence-electron chi connectivity index (χ3n) is 2.15. The average Bonchev–Trinajstić information content (AvgIpc) is 2.26. The number of halogens is 2. The first kappa shape index (κ1) is 13.5. The number of rotatable bonds is 7. The molecular weight excluding hydrogens is 273 g/mol. The molecule has 1 rings (SSSR count). The Hall–Kier alpha value is -0.610. The Morgan fingerprint density at radius 1 is 1.38 bits per heavy atom. The lowest BCUT2D eigenvalue weighted by molar-refractivity contribution is 0.141. The maximum Gasteiger partial charge on any atom is 0.147 e. The van der Waals surface area contributed by atoms with Crippen LogP contribution in [0.3, 0.4) is 0 Å². The van der Waals surface area contributed by atoms with Gasteiger partial charge >= 0.3 is 0 Å². The highest BCUT2D eigenvalue weighted by atomic mass is 79.9. The van der Waals surface area contributed by atoms with E-state index in [1.54, 1.807) is 6.07 Å². The van der Waals surface area contributed by atoms with Crippen molar-refractivity contribution in [2.24, 2.45) is 0 Å². The Labute approximate surface area is 104 Å². The summed E-state index contributed by atoms with van der Waals surface area (Å²) in [6.07, 6.45) is 2.20. The summed E-state index contributed by atoms with van der Waals surface area (Å²) < 4.78 is 19.5. The van der Waals surface area contributed by atoms with Crippen molar-refractivity contribution in [2.75, 3.05) is 25.1 Å². The molecule has 0 heterocycles. The molecule has 1 aromatic rings. The van der Waals surface area contributed by atoms with Crippen LogP contribution < -0.4 is 5.32 Å². The Morgan fingerprint density at radius 3 is 2.88 bits per heavy atom. The lowest BCUT2D eigenvalue weighted by Gasteiger charge is -2.09. The Bertz CT molecular complexity index is 300. The number of benzene rings is 1. The topological polar surface area (TPSA) is 21.3 Å². The van der Waals surface area contributed by atoms with Crippen LogP contribution in [0.25, 0.3) is 0 Å². The molecule has 1 N–H and O–H groups in total. The quantitative estimate of drug-likeness (QED) is 0.771. The molecule has 0 aliphatic heterocycles. The second kappa shape index (κ2) is 7.63. The first-order chi connectivity index (χ1) is 7.75. The van der Waals surface area contributed by atoms with E-state index in [9.17, 15) is 4.39 Å². The number of unbranched alkanes of at least 4 members (excludes halogenated alkanes) is 1. The number of hydrogen-bond acceptors (Lipinski definition) is 2. The fraction of sp³-hybridized carbons (Fsp3) is 0.500. The summed E-state index contributed by atoms with van der Waals surface area (Å²) >= 11 is 3.30. The molecule has 0 aliphatic carbocycles. The highest BCUT2D eigenvalue weighted by molar-refractivity contribution is 9.10. The number of ether oxygens (including phenoxy) is 1. The second-order valence-corrected chi connectivity index (χ2v) is 4.34. The molecule has 0 aromatic heterocycles. The fourth-order valence-electron chi connectivity index (χ4n) is 1.26. The first-order valence-electron chi connectivity index (χ1n) is 5.51. The van der Waals surface area contributed by atoms with Gasteiger partial charge in [-0.05, 0) is 34.5 Å². The van der Waals surface area contributed by atoms with Gasteiger partial charge in [-0.2, -0.15) is 0 Å². The van der Waals surface area contributed by atoms with Gasteiger partial charge < -0.3 is 10.1 Å². The predicted molar refractivity (Wildman–Crippen MR) is 68.3 cm³/mol. The van der Waals surface area contributed by atoms with E-state index in [4.69, 9.17) is 4.74 Å². The van der Waals surface area contributed by atoms with Crippen LogP contribution in [0.5, 0.6) is 0 Å². The van der Waals surface area contributed by atoms with Crippen molar-refractivity contribution in [2.45, 2.75) is 19.8 Å². The van der Waals surface area contributed by atoms with E-state index < -0.39 is 0 Å². The van der Waals surface area contributed by atoms with E-state index in [0.717, 1.165) is 23.9 Å². The Morgan fingerprint density at radius 2 is 2.19 bits per heavy atom. The molecule has 0 aliphatic rings. The van der Waals surface area contributed by atoms with E-state index in [0.29, 0.717) is 18.8 Å². The van der Waals surface area contributed by atoms with E-state index in [2.05, 4.69) is 28.2 Å². The minimum Gasteiger partial charge on any atom is -0.380 e. The summed E-state index contributed by atoms with van der Waals surface area (Å²) in [4.78, 5) is 0. The molecule has 0 spiro atoms. The molecule has 0 bridgehead atoms. The summed E-state index contributed by atoms with van der Waals surface area (Å²) in [6.45, 7) is 4.11. The number of hydrogen-bond donors (Lipinski definition) is 1. The molecular formula is C12H17BrFNO. The largest absolute Gasteiger partial charge is 0.380 e. The predicted octanol–water partition coefficient (Wildman–Crippen LogP) is 3.82. The zero-order chi connectivity index (χ0) is 11.8. The zero-order valence-corrected chi connectivity index (χ0v) is 11.0. The summed E-state index contributed by atoms with van der Waals surface area (Å²) in [7, 11) is 0. The molecule has 16 heavy (non-hydrogen) atoms. The van der Waals surface area contributed by atoms with E-state index >= 15 is 0 Å². The molecule has 0 radical (unpaired) electrons. The van der Waals surface area contributed by atoms with Gasteiger partial charge in [0.05, 0.1) is 12.3 Å². The normalized spacial score (nSPS) is 10.4. The minimum atomic E-state index is -0.247. The molecule has 0 fully saturated rings. The third-order valence-corrected chi connectivity index (χ3v) is 2.81. The molecule has 0 saturated carbocycles. The molecule has 0 unspecified atom stereocenters. The highest BCUT2D eigenvalue weighted by Gasteiger charge is 2.04. The van der Waals surface area contributed by atoms with Crippen LogP contribution in [0.2, 0.25) is 0 Å². The van der Waals surface area contributed by atoms with Crippen molar-refractivity contribution in [3.8, 4) is 0 Å². The molecule has 90 valence electrons. The standard InChI is InChI=1S/C12H17BrFNO/c1-2-3-8-16-9-7-15-12-10(13)5-4-6-11(12)14/h4-6,15H,2-3,7-9H2,1H3. The Kier molecular flexibility index (Phi) is 6.42. The summed E-state index contributed by atoms with van der Waals surface area (Å²) in [6, 6.07) is 4.91. The SMILES string of the molecule is CCCCOCCNc1c(F)cccc1Br. The number of para-hydroxylation sites is 1. The van der Waals surface area contributed by atoms with Crippen molar-refractivity contribution in [1.29, 1.82) is 0 Å². The third kappa shape index (κ3) is 4.49. The van der Waals surface area contributed by atoms with Gasteiger partial charge in [0.15, 0.2) is 0 Å². The van der Waals surface area contributed by atoms with E-state index in [1.165, 1.54) is 6.07 Å². The first-order valence-corrected chi connectivity index (χ1v) is 6.30. The van der Waals surface area contributed by atoms with Gasteiger partial charge in [0.1, 0.15) is 5.82 Å². The maximum absolute atomic E-state index is 13.3. The van der Waals surface area contributed by atoms with Gasteiger partial charge in [0.2, 0.25) is 0 Å². The van der Waals surface area contributed by atoms with Gasteiger partial charge in [0.25, 0.3) is 0 Å². The van der Waals surface area contributed by atoms with Crippen LogP contribution in [0.15, 0.2) is 22.7 Å². The molecule has 2 nitrogen and oxygen atoms in total. The highest BCUT2D eigenvalue weighted by Crippen LogP contribution is 2.24. The average molecular weight is 290 g/mol. The van der Waals surface area contributed by atoms with Crippen LogP contribution in [0.4, 0.5) is 10.1 Å². The summed E-state index contributed by atoms with van der Waals surface area (Å²) in [5, 5.41) is 3.01.